The van der Waals surface area contributed by atoms with Gasteiger partial charge in [0.1, 0.15) is 11.4 Å². The molecule has 4 heteroatoms. The number of benzene rings is 1. The van der Waals surface area contributed by atoms with E-state index in [-0.39, 0.29) is 12.0 Å². The van der Waals surface area contributed by atoms with Crippen molar-refractivity contribution in [3.05, 3.63) is 24.3 Å². The van der Waals surface area contributed by atoms with Gasteiger partial charge in [0, 0.05) is 12.3 Å². The zero-order chi connectivity index (χ0) is 18.3. The van der Waals surface area contributed by atoms with Crippen molar-refractivity contribution in [1.29, 1.82) is 0 Å². The van der Waals surface area contributed by atoms with Crippen LogP contribution in [0.1, 0.15) is 66.2 Å². The summed E-state index contributed by atoms with van der Waals surface area (Å²) < 4.78 is 11.9. The second-order valence-electron chi connectivity index (χ2n) is 7.36. The Labute approximate surface area is 152 Å². The summed E-state index contributed by atoms with van der Waals surface area (Å²) in [6.07, 6.45) is 5.90. The number of hydrogen-bond donors (Lipinski definition) is 1. The number of rotatable bonds is 8. The molecule has 0 radical (unpaired) electrons. The number of carbonyl (C=O) groups is 1. The van der Waals surface area contributed by atoms with Crippen LogP contribution < -0.4 is 10.1 Å². The lowest BCUT2D eigenvalue weighted by atomic mass is 9.78. The molecule has 0 aliphatic heterocycles. The van der Waals surface area contributed by atoms with E-state index >= 15 is 0 Å². The Kier molecular flexibility index (Phi) is 7.30. The summed E-state index contributed by atoms with van der Waals surface area (Å²) in [5.74, 6) is 1.33. The van der Waals surface area contributed by atoms with E-state index in [9.17, 15) is 4.79 Å². The molecule has 0 bridgehead atoms. The van der Waals surface area contributed by atoms with Crippen LogP contribution in [0.2, 0.25) is 0 Å². The van der Waals surface area contributed by atoms with E-state index in [2.05, 4.69) is 33.0 Å². The van der Waals surface area contributed by atoms with E-state index in [1.807, 2.05) is 24.3 Å². The van der Waals surface area contributed by atoms with Crippen LogP contribution in [0.4, 0.5) is 5.69 Å². The first kappa shape index (κ1) is 19.8. The van der Waals surface area contributed by atoms with Gasteiger partial charge in [0.2, 0.25) is 0 Å². The molecule has 1 amide bonds. The van der Waals surface area contributed by atoms with E-state index in [0.717, 1.165) is 43.5 Å². The van der Waals surface area contributed by atoms with E-state index in [1.54, 1.807) is 0 Å². The third-order valence-corrected chi connectivity index (χ3v) is 4.98. The zero-order valence-electron chi connectivity index (χ0n) is 16.1. The lowest BCUT2D eigenvalue weighted by molar-refractivity contribution is -0.148. The number of hydrogen-bond acceptors (Lipinski definition) is 3. The molecule has 25 heavy (non-hydrogen) atoms. The third kappa shape index (κ3) is 5.46. The fourth-order valence-corrected chi connectivity index (χ4v) is 3.38. The molecule has 1 aliphatic rings. The molecular weight excluding hydrogens is 314 g/mol. The monoisotopic (exact) mass is 347 g/mol. The maximum atomic E-state index is 13.0. The van der Waals surface area contributed by atoms with Crippen molar-refractivity contribution in [2.75, 3.05) is 11.9 Å². The second-order valence-corrected chi connectivity index (χ2v) is 7.36. The highest BCUT2D eigenvalue weighted by molar-refractivity contribution is 5.97. The summed E-state index contributed by atoms with van der Waals surface area (Å²) in [7, 11) is 0. The number of carbonyl (C=O) groups excluding carboxylic acids is 1. The van der Waals surface area contributed by atoms with Crippen molar-refractivity contribution in [1.82, 2.24) is 0 Å². The van der Waals surface area contributed by atoms with Gasteiger partial charge in [-0.2, -0.15) is 0 Å². The van der Waals surface area contributed by atoms with Gasteiger partial charge in [-0.1, -0.05) is 27.2 Å². The zero-order valence-corrected chi connectivity index (χ0v) is 16.1. The highest BCUT2D eigenvalue weighted by Crippen LogP contribution is 2.36. The molecule has 2 rings (SSSR count). The quantitative estimate of drug-likeness (QED) is 0.705. The minimum Gasteiger partial charge on any atom is -0.491 e. The van der Waals surface area contributed by atoms with Gasteiger partial charge in [0.15, 0.2) is 0 Å². The summed E-state index contributed by atoms with van der Waals surface area (Å²) in [6.45, 7) is 9.06. The number of nitrogens with one attached hydrogen (secondary N) is 1. The Bertz CT molecular complexity index is 543. The summed E-state index contributed by atoms with van der Waals surface area (Å²) in [5, 5.41) is 3.06. The van der Waals surface area contributed by atoms with Crippen molar-refractivity contribution >= 4 is 11.6 Å². The van der Waals surface area contributed by atoms with Gasteiger partial charge in [-0.3, -0.25) is 4.79 Å². The smallest absolute Gasteiger partial charge is 0.256 e. The average Bonchev–Trinajstić information content (AvgIpc) is 2.61. The highest BCUT2D eigenvalue weighted by atomic mass is 16.5. The van der Waals surface area contributed by atoms with Crippen LogP contribution in [0.25, 0.3) is 0 Å². The Balaban J connectivity index is 2.04. The third-order valence-electron chi connectivity index (χ3n) is 4.98. The Morgan fingerprint density at radius 1 is 1.32 bits per heavy atom. The van der Waals surface area contributed by atoms with Crippen LogP contribution in [-0.2, 0) is 9.53 Å². The van der Waals surface area contributed by atoms with E-state index in [0.29, 0.717) is 12.5 Å². The highest BCUT2D eigenvalue weighted by Gasteiger charge is 2.42. The number of amides is 1. The van der Waals surface area contributed by atoms with Crippen LogP contribution in [0, 0.1) is 5.92 Å². The molecule has 0 saturated heterocycles. The lowest BCUT2D eigenvalue weighted by Gasteiger charge is -2.38. The maximum Gasteiger partial charge on any atom is 0.256 e. The van der Waals surface area contributed by atoms with E-state index < -0.39 is 5.60 Å². The van der Waals surface area contributed by atoms with Crippen molar-refractivity contribution < 1.29 is 14.3 Å². The predicted molar refractivity (Wildman–Crippen MR) is 102 cm³/mol. The topological polar surface area (TPSA) is 47.6 Å². The summed E-state index contributed by atoms with van der Waals surface area (Å²) >= 11 is 0. The van der Waals surface area contributed by atoms with Gasteiger partial charge >= 0.3 is 0 Å². The maximum absolute atomic E-state index is 13.0. The molecule has 1 aromatic rings. The fourth-order valence-electron chi connectivity index (χ4n) is 3.38. The molecule has 0 heterocycles. The standard InChI is InChI=1S/C21H33NO3/c1-5-14-24-21(13-7-8-16(3)15-21)20(23)22-18-9-11-19(12-10-18)25-17(4)6-2/h9-12,16-17H,5-8,13-15H2,1-4H3,(H,22,23). The average molecular weight is 347 g/mol. The van der Waals surface area contributed by atoms with Crippen molar-refractivity contribution in [3.8, 4) is 5.75 Å². The Morgan fingerprint density at radius 3 is 2.64 bits per heavy atom. The molecule has 140 valence electrons. The molecule has 0 spiro atoms. The summed E-state index contributed by atoms with van der Waals surface area (Å²) in [4.78, 5) is 13.0. The fraction of sp³-hybridized carbons (Fsp3) is 0.667. The van der Waals surface area contributed by atoms with Gasteiger partial charge in [-0.05, 0) is 69.2 Å². The second kappa shape index (κ2) is 9.23. The first-order valence-corrected chi connectivity index (χ1v) is 9.71. The largest absolute Gasteiger partial charge is 0.491 e. The summed E-state index contributed by atoms with van der Waals surface area (Å²) in [6, 6.07) is 7.61. The first-order chi connectivity index (χ1) is 12.0. The van der Waals surface area contributed by atoms with Crippen LogP contribution in [-0.4, -0.2) is 24.2 Å². The van der Waals surface area contributed by atoms with Crippen LogP contribution in [0.15, 0.2) is 24.3 Å². The van der Waals surface area contributed by atoms with Gasteiger partial charge < -0.3 is 14.8 Å². The normalized spacial score (nSPS) is 24.6. The Hall–Kier alpha value is -1.55. The molecule has 3 unspecified atom stereocenters. The summed E-state index contributed by atoms with van der Waals surface area (Å²) in [5.41, 5.74) is 0.110. The molecular formula is C21H33NO3. The minimum absolute atomic E-state index is 0.0110. The van der Waals surface area contributed by atoms with Crippen LogP contribution >= 0.6 is 0 Å². The lowest BCUT2D eigenvalue weighted by Crippen LogP contribution is -2.48. The van der Waals surface area contributed by atoms with Gasteiger partial charge in [0.25, 0.3) is 5.91 Å². The molecule has 4 nitrogen and oxygen atoms in total. The molecule has 3 atom stereocenters. The van der Waals surface area contributed by atoms with Gasteiger partial charge in [-0.25, -0.2) is 0 Å². The van der Waals surface area contributed by atoms with E-state index in [4.69, 9.17) is 9.47 Å². The van der Waals surface area contributed by atoms with Crippen molar-refractivity contribution in [2.45, 2.75) is 77.9 Å². The molecule has 1 aromatic carbocycles. The predicted octanol–water partition coefficient (Wildman–Crippen LogP) is 5.18. The number of anilines is 1. The van der Waals surface area contributed by atoms with Crippen LogP contribution in [0.3, 0.4) is 0 Å². The van der Waals surface area contributed by atoms with E-state index in [1.165, 1.54) is 6.42 Å². The first-order valence-electron chi connectivity index (χ1n) is 9.71. The Morgan fingerprint density at radius 2 is 2.04 bits per heavy atom. The molecule has 0 aromatic heterocycles. The molecule has 1 aliphatic carbocycles. The van der Waals surface area contributed by atoms with Gasteiger partial charge in [0.05, 0.1) is 6.10 Å². The minimum atomic E-state index is -0.681. The van der Waals surface area contributed by atoms with Crippen molar-refractivity contribution in [2.24, 2.45) is 5.92 Å². The van der Waals surface area contributed by atoms with Crippen molar-refractivity contribution in [3.63, 3.8) is 0 Å². The number of ether oxygens (including phenoxy) is 2. The molecule has 1 saturated carbocycles. The SMILES string of the molecule is CCCOC1(C(=O)Nc2ccc(OC(C)CC)cc2)CCCC(C)C1. The molecule has 1 fully saturated rings. The van der Waals surface area contributed by atoms with Gasteiger partial charge in [-0.15, -0.1) is 0 Å². The molecule has 1 N–H and O–H groups in total. The van der Waals surface area contributed by atoms with Crippen LogP contribution in [0.5, 0.6) is 5.75 Å².